The van der Waals surface area contributed by atoms with E-state index >= 15 is 0 Å². The minimum atomic E-state index is -2.73. The van der Waals surface area contributed by atoms with Gasteiger partial charge in [-0.3, -0.25) is 0 Å². The van der Waals surface area contributed by atoms with Gasteiger partial charge < -0.3 is 5.32 Å². The van der Waals surface area contributed by atoms with E-state index in [-0.39, 0.29) is 12.0 Å². The molecule has 0 amide bonds. The fourth-order valence-corrected chi connectivity index (χ4v) is 2.86. The Morgan fingerprint density at radius 1 is 1.11 bits per heavy atom. The van der Waals surface area contributed by atoms with Gasteiger partial charge in [0, 0.05) is 18.5 Å². The zero-order chi connectivity index (χ0) is 13.7. The molecule has 1 aromatic rings. The summed E-state index contributed by atoms with van der Waals surface area (Å²) in [5.41, 5.74) is 1.37. The molecule has 1 fully saturated rings. The van der Waals surface area contributed by atoms with Gasteiger partial charge in [0.05, 0.1) is 0 Å². The van der Waals surface area contributed by atoms with Crippen LogP contribution in [0.15, 0.2) is 24.3 Å². The Kier molecular flexibility index (Phi) is 4.92. The van der Waals surface area contributed by atoms with E-state index in [4.69, 9.17) is 0 Å². The Morgan fingerprint density at radius 3 is 2.32 bits per heavy atom. The van der Waals surface area contributed by atoms with E-state index in [2.05, 4.69) is 5.32 Å². The second-order valence-corrected chi connectivity index (χ2v) is 5.51. The predicted molar refractivity (Wildman–Crippen MR) is 74.7 cm³/mol. The molecule has 0 aromatic heterocycles. The fraction of sp³-hybridized carbons (Fsp3) is 0.625. The maximum absolute atomic E-state index is 13.9. The van der Waals surface area contributed by atoms with Crippen LogP contribution in [0.1, 0.15) is 55.6 Å². The van der Waals surface area contributed by atoms with Crippen LogP contribution in [0.4, 0.5) is 8.78 Å². The molecule has 19 heavy (non-hydrogen) atoms. The Balaban J connectivity index is 2.04. The summed E-state index contributed by atoms with van der Waals surface area (Å²) in [6.07, 6.45) is 6.11. The molecule has 0 spiro atoms. The SMILES string of the molecule is CNCCC(F)(F)c1ccc(C2CCCCC2)cc1. The van der Waals surface area contributed by atoms with E-state index in [9.17, 15) is 8.78 Å². The van der Waals surface area contributed by atoms with Crippen molar-refractivity contribution in [3.05, 3.63) is 35.4 Å². The van der Waals surface area contributed by atoms with E-state index in [1.54, 1.807) is 19.2 Å². The van der Waals surface area contributed by atoms with E-state index in [1.807, 2.05) is 12.1 Å². The first-order chi connectivity index (χ1) is 9.13. The van der Waals surface area contributed by atoms with Crippen molar-refractivity contribution in [2.45, 2.75) is 50.4 Å². The normalized spacial score (nSPS) is 17.6. The lowest BCUT2D eigenvalue weighted by atomic mass is 9.83. The van der Waals surface area contributed by atoms with E-state index in [1.165, 1.54) is 37.7 Å². The van der Waals surface area contributed by atoms with Gasteiger partial charge in [0.15, 0.2) is 0 Å². The summed E-state index contributed by atoms with van der Waals surface area (Å²) >= 11 is 0. The molecule has 0 aliphatic heterocycles. The Hall–Kier alpha value is -0.960. The van der Waals surface area contributed by atoms with Gasteiger partial charge >= 0.3 is 0 Å². The summed E-state index contributed by atoms with van der Waals surface area (Å²) in [4.78, 5) is 0. The highest BCUT2D eigenvalue weighted by Gasteiger charge is 2.30. The zero-order valence-electron chi connectivity index (χ0n) is 11.6. The predicted octanol–water partition coefficient (Wildman–Crippen LogP) is 4.44. The van der Waals surface area contributed by atoms with Gasteiger partial charge in [-0.15, -0.1) is 0 Å². The van der Waals surface area contributed by atoms with E-state index in [0.29, 0.717) is 12.5 Å². The van der Waals surface area contributed by atoms with Gasteiger partial charge in [-0.05, 0) is 31.4 Å². The highest BCUT2D eigenvalue weighted by Crippen LogP contribution is 2.35. The third kappa shape index (κ3) is 3.75. The number of benzene rings is 1. The van der Waals surface area contributed by atoms with Gasteiger partial charge in [-0.25, -0.2) is 8.78 Å². The van der Waals surface area contributed by atoms with Gasteiger partial charge in [0.2, 0.25) is 0 Å². The molecular formula is C16H23F2N. The molecule has 0 radical (unpaired) electrons. The molecule has 1 aromatic carbocycles. The number of rotatable bonds is 5. The van der Waals surface area contributed by atoms with Crippen molar-refractivity contribution >= 4 is 0 Å². The molecule has 3 heteroatoms. The minimum absolute atomic E-state index is 0.141. The summed E-state index contributed by atoms with van der Waals surface area (Å²) in [6.45, 7) is 0.331. The third-order valence-electron chi connectivity index (χ3n) is 4.10. The van der Waals surface area contributed by atoms with Crippen LogP contribution in [0.5, 0.6) is 0 Å². The smallest absolute Gasteiger partial charge is 0.274 e. The second-order valence-electron chi connectivity index (χ2n) is 5.51. The van der Waals surface area contributed by atoms with Crippen molar-refractivity contribution in [2.75, 3.05) is 13.6 Å². The van der Waals surface area contributed by atoms with Gasteiger partial charge in [0.1, 0.15) is 0 Å². The van der Waals surface area contributed by atoms with Crippen molar-refractivity contribution in [2.24, 2.45) is 0 Å². The van der Waals surface area contributed by atoms with Crippen molar-refractivity contribution in [1.29, 1.82) is 0 Å². The van der Waals surface area contributed by atoms with Crippen molar-refractivity contribution in [1.82, 2.24) is 5.32 Å². The molecular weight excluding hydrogens is 244 g/mol. The Bertz CT molecular complexity index is 380. The molecule has 2 rings (SSSR count). The van der Waals surface area contributed by atoms with Crippen LogP contribution < -0.4 is 5.32 Å². The molecule has 1 aliphatic carbocycles. The quantitative estimate of drug-likeness (QED) is 0.832. The van der Waals surface area contributed by atoms with Crippen molar-refractivity contribution in [3.63, 3.8) is 0 Å². The van der Waals surface area contributed by atoms with Gasteiger partial charge in [-0.1, -0.05) is 43.5 Å². The average Bonchev–Trinajstić information content (AvgIpc) is 2.46. The van der Waals surface area contributed by atoms with Crippen LogP contribution in [0.2, 0.25) is 0 Å². The van der Waals surface area contributed by atoms with Crippen LogP contribution >= 0.6 is 0 Å². The first-order valence-electron chi connectivity index (χ1n) is 7.26. The van der Waals surface area contributed by atoms with Crippen LogP contribution in [-0.4, -0.2) is 13.6 Å². The van der Waals surface area contributed by atoms with Crippen LogP contribution in [0, 0.1) is 0 Å². The van der Waals surface area contributed by atoms with Crippen LogP contribution in [0.25, 0.3) is 0 Å². The zero-order valence-corrected chi connectivity index (χ0v) is 11.6. The molecule has 1 N–H and O–H groups in total. The lowest BCUT2D eigenvalue weighted by Gasteiger charge is -2.23. The summed E-state index contributed by atoms with van der Waals surface area (Å²) in [7, 11) is 1.70. The van der Waals surface area contributed by atoms with E-state index < -0.39 is 5.92 Å². The number of hydrogen-bond acceptors (Lipinski definition) is 1. The molecule has 106 valence electrons. The minimum Gasteiger partial charge on any atom is -0.320 e. The maximum atomic E-state index is 13.9. The number of nitrogens with one attached hydrogen (secondary N) is 1. The molecule has 0 heterocycles. The fourth-order valence-electron chi connectivity index (χ4n) is 2.86. The summed E-state index contributed by atoms with van der Waals surface area (Å²) in [5.74, 6) is -2.15. The Morgan fingerprint density at radius 2 is 1.74 bits per heavy atom. The first kappa shape index (κ1) is 14.4. The highest BCUT2D eigenvalue weighted by atomic mass is 19.3. The molecule has 0 atom stereocenters. The lowest BCUT2D eigenvalue weighted by molar-refractivity contribution is -0.0123. The lowest BCUT2D eigenvalue weighted by Crippen LogP contribution is -2.21. The third-order valence-corrected chi connectivity index (χ3v) is 4.10. The standard InChI is InChI=1S/C16H23F2N/c1-19-12-11-16(17,18)15-9-7-14(8-10-15)13-5-3-2-4-6-13/h7-10,13,19H,2-6,11-12H2,1H3. The molecule has 0 unspecified atom stereocenters. The van der Waals surface area contributed by atoms with Gasteiger partial charge in [-0.2, -0.15) is 0 Å². The Labute approximate surface area is 114 Å². The molecule has 1 saturated carbocycles. The maximum Gasteiger partial charge on any atom is 0.274 e. The van der Waals surface area contributed by atoms with Crippen LogP contribution in [-0.2, 0) is 5.92 Å². The van der Waals surface area contributed by atoms with E-state index in [0.717, 1.165) is 0 Å². The first-order valence-corrected chi connectivity index (χ1v) is 7.26. The summed E-state index contributed by atoms with van der Waals surface area (Å²) < 4.78 is 27.8. The topological polar surface area (TPSA) is 12.0 Å². The molecule has 1 aliphatic rings. The summed E-state index contributed by atoms with van der Waals surface area (Å²) in [6, 6.07) is 7.02. The summed E-state index contributed by atoms with van der Waals surface area (Å²) in [5, 5.41) is 2.78. The van der Waals surface area contributed by atoms with Gasteiger partial charge in [0.25, 0.3) is 5.92 Å². The second kappa shape index (κ2) is 6.47. The number of hydrogen-bond donors (Lipinski definition) is 1. The average molecular weight is 267 g/mol. The largest absolute Gasteiger partial charge is 0.320 e. The van der Waals surface area contributed by atoms with Crippen molar-refractivity contribution < 1.29 is 8.78 Å². The van der Waals surface area contributed by atoms with Crippen LogP contribution in [0.3, 0.4) is 0 Å². The number of halogens is 2. The molecule has 1 nitrogen and oxygen atoms in total. The van der Waals surface area contributed by atoms with Crippen molar-refractivity contribution in [3.8, 4) is 0 Å². The molecule has 0 bridgehead atoms. The molecule has 0 saturated heterocycles. The highest BCUT2D eigenvalue weighted by molar-refractivity contribution is 5.28. The monoisotopic (exact) mass is 267 g/mol. The number of alkyl halides is 2.